The number of benzene rings is 2. The van der Waals surface area contributed by atoms with Crippen molar-refractivity contribution in [1.82, 2.24) is 4.90 Å². The SMILES string of the molecule is CN(C)CCCNc1ccc(SN)cc1[N+](=O)[O-].CSc1ccccc1. The van der Waals surface area contributed by atoms with Crippen molar-refractivity contribution in [2.75, 3.05) is 38.8 Å². The maximum Gasteiger partial charge on any atom is 0.293 e. The van der Waals surface area contributed by atoms with Crippen molar-refractivity contribution in [2.45, 2.75) is 16.2 Å². The highest BCUT2D eigenvalue weighted by atomic mass is 32.2. The van der Waals surface area contributed by atoms with Crippen LogP contribution in [0.5, 0.6) is 0 Å². The summed E-state index contributed by atoms with van der Waals surface area (Å²) in [4.78, 5) is 14.6. The van der Waals surface area contributed by atoms with Gasteiger partial charge in [-0.15, -0.1) is 11.8 Å². The Morgan fingerprint density at radius 1 is 1.15 bits per heavy atom. The Bertz CT molecular complexity index is 669. The second-order valence-electron chi connectivity index (χ2n) is 5.65. The van der Waals surface area contributed by atoms with Crippen LogP contribution in [-0.4, -0.2) is 43.3 Å². The highest BCUT2D eigenvalue weighted by Crippen LogP contribution is 2.28. The highest BCUT2D eigenvalue weighted by Gasteiger charge is 2.14. The van der Waals surface area contributed by atoms with Gasteiger partial charge in [-0.05, 0) is 69.5 Å². The summed E-state index contributed by atoms with van der Waals surface area (Å²) in [5, 5.41) is 19.4. The molecule has 6 nitrogen and oxygen atoms in total. The maximum atomic E-state index is 10.9. The Morgan fingerprint density at radius 2 is 1.85 bits per heavy atom. The lowest BCUT2D eigenvalue weighted by Crippen LogP contribution is -2.16. The van der Waals surface area contributed by atoms with Crippen molar-refractivity contribution >= 4 is 35.1 Å². The van der Waals surface area contributed by atoms with Crippen LogP contribution in [-0.2, 0) is 0 Å². The first-order valence-electron chi connectivity index (χ1n) is 8.10. The third-order valence-electron chi connectivity index (χ3n) is 3.38. The molecule has 0 aromatic heterocycles. The fourth-order valence-electron chi connectivity index (χ4n) is 2.06. The summed E-state index contributed by atoms with van der Waals surface area (Å²) in [6.07, 6.45) is 3.01. The molecule has 0 saturated heterocycles. The average molecular weight is 395 g/mol. The van der Waals surface area contributed by atoms with Gasteiger partial charge in [0, 0.05) is 22.4 Å². The molecule has 0 amide bonds. The van der Waals surface area contributed by atoms with Crippen LogP contribution in [0.3, 0.4) is 0 Å². The molecule has 0 saturated carbocycles. The fraction of sp³-hybridized carbons (Fsp3) is 0.333. The molecule has 0 fully saturated rings. The second kappa shape index (κ2) is 12.6. The lowest BCUT2D eigenvalue weighted by atomic mass is 10.2. The van der Waals surface area contributed by atoms with Gasteiger partial charge >= 0.3 is 0 Å². The molecular weight excluding hydrogens is 368 g/mol. The first-order valence-corrected chi connectivity index (χ1v) is 10.2. The molecule has 8 heteroatoms. The number of hydrogen-bond acceptors (Lipinski definition) is 7. The van der Waals surface area contributed by atoms with E-state index in [1.807, 2.05) is 32.3 Å². The Morgan fingerprint density at radius 3 is 2.35 bits per heavy atom. The minimum absolute atomic E-state index is 0.0651. The molecule has 0 atom stereocenters. The van der Waals surface area contributed by atoms with Crippen molar-refractivity contribution in [2.24, 2.45) is 5.14 Å². The van der Waals surface area contributed by atoms with Crippen LogP contribution in [0.4, 0.5) is 11.4 Å². The quantitative estimate of drug-likeness (QED) is 0.227. The van der Waals surface area contributed by atoms with Crippen LogP contribution >= 0.6 is 23.7 Å². The topological polar surface area (TPSA) is 84.4 Å². The van der Waals surface area contributed by atoms with Crippen LogP contribution in [0.15, 0.2) is 58.3 Å². The zero-order valence-electron chi connectivity index (χ0n) is 15.3. The molecule has 0 aliphatic carbocycles. The summed E-state index contributed by atoms with van der Waals surface area (Å²) in [6, 6.07) is 15.3. The fourth-order valence-corrected chi connectivity index (χ4v) is 2.82. The Labute approximate surface area is 163 Å². The zero-order chi connectivity index (χ0) is 19.4. The molecule has 2 aromatic carbocycles. The summed E-state index contributed by atoms with van der Waals surface area (Å²) in [5.41, 5.74) is 0.604. The Hall–Kier alpha value is -1.74. The van der Waals surface area contributed by atoms with Gasteiger partial charge in [0.15, 0.2) is 0 Å². The molecule has 0 bridgehead atoms. The molecule has 2 aromatic rings. The monoisotopic (exact) mass is 394 g/mol. The number of nitrogens with zero attached hydrogens (tertiary/aromatic N) is 2. The zero-order valence-corrected chi connectivity index (χ0v) is 17.0. The average Bonchev–Trinajstić information content (AvgIpc) is 2.66. The van der Waals surface area contributed by atoms with Gasteiger partial charge < -0.3 is 10.2 Å². The van der Waals surface area contributed by atoms with Gasteiger partial charge in [0.05, 0.1) is 4.92 Å². The third kappa shape index (κ3) is 8.57. The molecule has 0 aliphatic heterocycles. The molecule has 0 aliphatic rings. The van der Waals surface area contributed by atoms with Crippen LogP contribution in [0, 0.1) is 10.1 Å². The molecule has 0 radical (unpaired) electrons. The predicted octanol–water partition coefficient (Wildman–Crippen LogP) is 4.33. The predicted molar refractivity (Wildman–Crippen MR) is 113 cm³/mol. The third-order valence-corrected chi connectivity index (χ3v) is 4.65. The Balaban J connectivity index is 0.000000350. The summed E-state index contributed by atoms with van der Waals surface area (Å²) in [6.45, 7) is 1.64. The van der Waals surface area contributed by atoms with Gasteiger partial charge in [0.25, 0.3) is 5.69 Å². The van der Waals surface area contributed by atoms with Crippen molar-refractivity contribution in [3.05, 3.63) is 58.6 Å². The molecule has 3 N–H and O–H groups in total. The smallest absolute Gasteiger partial charge is 0.293 e. The molecule has 0 unspecified atom stereocenters. The second-order valence-corrected chi connectivity index (χ2v) is 7.24. The van der Waals surface area contributed by atoms with Crippen molar-refractivity contribution in [3.63, 3.8) is 0 Å². The van der Waals surface area contributed by atoms with Gasteiger partial charge in [-0.1, -0.05) is 18.2 Å². The molecule has 0 spiro atoms. The number of nitrogens with two attached hydrogens (primary N) is 1. The number of nitro groups is 1. The van der Waals surface area contributed by atoms with E-state index in [4.69, 9.17) is 5.14 Å². The Kier molecular flexibility index (Phi) is 10.8. The van der Waals surface area contributed by atoms with Crippen LogP contribution in [0.1, 0.15) is 6.42 Å². The van der Waals surface area contributed by atoms with E-state index in [0.717, 1.165) is 24.9 Å². The summed E-state index contributed by atoms with van der Waals surface area (Å²) < 4.78 is 0. The summed E-state index contributed by atoms with van der Waals surface area (Å²) >= 11 is 2.77. The van der Waals surface area contributed by atoms with E-state index in [1.165, 1.54) is 11.0 Å². The van der Waals surface area contributed by atoms with Crippen LogP contribution in [0.2, 0.25) is 0 Å². The number of hydrogen-bond donors (Lipinski definition) is 2. The standard InChI is InChI=1S/C11H18N4O2S.C7H8S/c1-14(2)7-3-6-13-10-5-4-9(18-12)8-11(10)15(16)17;1-8-7-5-3-2-4-6-7/h4-5,8,13H,3,6-7,12H2,1-2H3;2-6H,1H3. The van der Waals surface area contributed by atoms with Gasteiger partial charge in [0.2, 0.25) is 0 Å². The number of nitro benzene ring substituents is 1. The van der Waals surface area contributed by atoms with Gasteiger partial charge in [0.1, 0.15) is 5.69 Å². The number of rotatable bonds is 8. The van der Waals surface area contributed by atoms with Crippen molar-refractivity contribution < 1.29 is 4.92 Å². The van der Waals surface area contributed by atoms with Crippen LogP contribution in [0.25, 0.3) is 0 Å². The van der Waals surface area contributed by atoms with E-state index in [-0.39, 0.29) is 5.69 Å². The van der Waals surface area contributed by atoms with E-state index < -0.39 is 4.92 Å². The van der Waals surface area contributed by atoms with E-state index in [2.05, 4.69) is 28.6 Å². The molecule has 142 valence electrons. The molecule has 26 heavy (non-hydrogen) atoms. The first kappa shape index (κ1) is 22.3. The van der Waals surface area contributed by atoms with Crippen LogP contribution < -0.4 is 10.5 Å². The van der Waals surface area contributed by atoms with E-state index in [1.54, 1.807) is 23.9 Å². The normalized spacial score (nSPS) is 10.2. The molecular formula is C18H26N4O2S2. The highest BCUT2D eigenvalue weighted by molar-refractivity contribution is 7.98. The molecule has 2 rings (SSSR count). The summed E-state index contributed by atoms with van der Waals surface area (Å²) in [5.74, 6) is 0. The van der Waals surface area contributed by atoms with E-state index in [9.17, 15) is 10.1 Å². The van der Waals surface area contributed by atoms with E-state index in [0.29, 0.717) is 17.1 Å². The van der Waals surface area contributed by atoms with Gasteiger partial charge in [-0.2, -0.15) is 0 Å². The number of nitrogens with one attached hydrogen (secondary N) is 1. The number of anilines is 1. The maximum absolute atomic E-state index is 10.9. The minimum atomic E-state index is -0.395. The minimum Gasteiger partial charge on any atom is -0.379 e. The molecule has 0 heterocycles. The van der Waals surface area contributed by atoms with E-state index >= 15 is 0 Å². The van der Waals surface area contributed by atoms with Gasteiger partial charge in [-0.3, -0.25) is 15.3 Å². The number of thioether (sulfide) groups is 1. The van der Waals surface area contributed by atoms with Crippen molar-refractivity contribution in [1.29, 1.82) is 0 Å². The lowest BCUT2D eigenvalue weighted by Gasteiger charge is -2.11. The first-order chi connectivity index (χ1) is 12.5. The summed E-state index contributed by atoms with van der Waals surface area (Å²) in [7, 11) is 3.99. The van der Waals surface area contributed by atoms with Crippen molar-refractivity contribution in [3.8, 4) is 0 Å². The van der Waals surface area contributed by atoms with Gasteiger partial charge in [-0.25, -0.2) is 0 Å². The lowest BCUT2D eigenvalue weighted by molar-refractivity contribution is -0.384. The largest absolute Gasteiger partial charge is 0.379 e.